The molecule has 0 unspecified atom stereocenters. The van der Waals surface area contributed by atoms with Crippen molar-refractivity contribution in [2.45, 2.75) is 31.2 Å². The Balaban J connectivity index is 0.00000200. The number of hydrogen-bond acceptors (Lipinski definition) is 3. The van der Waals surface area contributed by atoms with Gasteiger partial charge in [-0.1, -0.05) is 12.8 Å². The van der Waals surface area contributed by atoms with Crippen LogP contribution in [0.1, 0.15) is 36.0 Å². The van der Waals surface area contributed by atoms with Crippen LogP contribution in [0.3, 0.4) is 0 Å². The van der Waals surface area contributed by atoms with Crippen molar-refractivity contribution in [2.75, 3.05) is 5.32 Å². The van der Waals surface area contributed by atoms with Gasteiger partial charge in [0, 0.05) is 5.56 Å². The zero-order valence-corrected chi connectivity index (χ0v) is 11.6. The van der Waals surface area contributed by atoms with E-state index >= 15 is 0 Å². The maximum Gasteiger partial charge on any atom is 0.248 e. The van der Waals surface area contributed by atoms with E-state index < -0.39 is 23.2 Å². The molecule has 0 aromatic heterocycles. The van der Waals surface area contributed by atoms with Crippen molar-refractivity contribution >= 4 is 29.9 Å². The Labute approximate surface area is 122 Å². The van der Waals surface area contributed by atoms with Crippen molar-refractivity contribution in [2.24, 2.45) is 11.5 Å². The first-order valence-corrected chi connectivity index (χ1v) is 6.12. The molecule has 2 rings (SSSR count). The lowest BCUT2D eigenvalue weighted by Gasteiger charge is -2.22. The summed E-state index contributed by atoms with van der Waals surface area (Å²) >= 11 is 0. The lowest BCUT2D eigenvalue weighted by Crippen LogP contribution is -2.48. The Kier molecular flexibility index (Phi) is 5.08. The van der Waals surface area contributed by atoms with Gasteiger partial charge in [0.25, 0.3) is 0 Å². The summed E-state index contributed by atoms with van der Waals surface area (Å²) in [7, 11) is 0. The maximum absolute atomic E-state index is 13.6. The van der Waals surface area contributed by atoms with Gasteiger partial charge in [0.15, 0.2) is 0 Å². The summed E-state index contributed by atoms with van der Waals surface area (Å²) in [5.74, 6) is -1.73. The summed E-state index contributed by atoms with van der Waals surface area (Å²) in [6.07, 6.45) is 2.92. The minimum atomic E-state index is -0.949. The number of halogens is 2. The van der Waals surface area contributed by atoms with Gasteiger partial charge < -0.3 is 16.8 Å². The summed E-state index contributed by atoms with van der Waals surface area (Å²) < 4.78 is 13.6. The van der Waals surface area contributed by atoms with Crippen molar-refractivity contribution in [3.63, 3.8) is 0 Å². The van der Waals surface area contributed by atoms with Gasteiger partial charge in [-0.05, 0) is 31.0 Å². The van der Waals surface area contributed by atoms with Crippen molar-refractivity contribution in [3.05, 3.63) is 29.6 Å². The van der Waals surface area contributed by atoms with E-state index in [4.69, 9.17) is 11.5 Å². The molecule has 0 aliphatic heterocycles. The summed E-state index contributed by atoms with van der Waals surface area (Å²) in [6, 6.07) is 3.57. The Morgan fingerprint density at radius 2 is 1.85 bits per heavy atom. The molecule has 1 saturated carbocycles. The molecule has 0 bridgehead atoms. The number of anilines is 1. The Morgan fingerprint density at radius 3 is 2.40 bits per heavy atom. The van der Waals surface area contributed by atoms with E-state index in [1.165, 1.54) is 12.1 Å². The first-order chi connectivity index (χ1) is 8.92. The smallest absolute Gasteiger partial charge is 0.248 e. The van der Waals surface area contributed by atoms with Gasteiger partial charge >= 0.3 is 0 Å². The van der Waals surface area contributed by atoms with Crippen LogP contribution < -0.4 is 16.8 Å². The average Bonchev–Trinajstić information content (AvgIpc) is 2.80. The van der Waals surface area contributed by atoms with Gasteiger partial charge in [0.1, 0.15) is 5.82 Å². The van der Waals surface area contributed by atoms with Crippen LogP contribution >= 0.6 is 12.4 Å². The molecule has 1 aliphatic carbocycles. The number of rotatable bonds is 3. The summed E-state index contributed by atoms with van der Waals surface area (Å²) in [5, 5.41) is 2.44. The van der Waals surface area contributed by atoms with Gasteiger partial charge in [0.2, 0.25) is 11.8 Å². The molecule has 7 heteroatoms. The number of carbonyl (C=O) groups excluding carboxylic acids is 2. The SMILES string of the molecule is Cl.NC(=O)c1ccc(F)c(NC(=O)C2(N)CCCC2)c1. The maximum atomic E-state index is 13.6. The van der Waals surface area contributed by atoms with E-state index in [1.807, 2.05) is 0 Å². The third-order valence-electron chi connectivity index (χ3n) is 3.45. The molecule has 5 N–H and O–H groups in total. The van der Waals surface area contributed by atoms with E-state index in [1.54, 1.807) is 0 Å². The Morgan fingerprint density at radius 1 is 1.25 bits per heavy atom. The molecule has 0 radical (unpaired) electrons. The topological polar surface area (TPSA) is 98.2 Å². The van der Waals surface area contributed by atoms with Crippen LogP contribution in [0.5, 0.6) is 0 Å². The lowest BCUT2D eigenvalue weighted by molar-refractivity contribution is -0.121. The number of carbonyl (C=O) groups is 2. The van der Waals surface area contributed by atoms with Crippen LogP contribution in [-0.4, -0.2) is 17.4 Å². The molecule has 1 aliphatic rings. The predicted octanol–water partition coefficient (Wildman–Crippen LogP) is 1.56. The highest BCUT2D eigenvalue weighted by Crippen LogP contribution is 2.29. The molecular weight excluding hydrogens is 285 g/mol. The molecule has 1 fully saturated rings. The normalized spacial score (nSPS) is 16.3. The van der Waals surface area contributed by atoms with Gasteiger partial charge in [-0.2, -0.15) is 0 Å². The average molecular weight is 302 g/mol. The number of primary amides is 1. The molecule has 0 heterocycles. The van der Waals surface area contributed by atoms with Crippen molar-refractivity contribution in [1.29, 1.82) is 0 Å². The second-order valence-electron chi connectivity index (χ2n) is 4.88. The van der Waals surface area contributed by atoms with Crippen LogP contribution in [0.4, 0.5) is 10.1 Å². The van der Waals surface area contributed by atoms with Crippen LogP contribution in [-0.2, 0) is 4.79 Å². The molecule has 0 spiro atoms. The molecule has 0 saturated heterocycles. The number of nitrogens with one attached hydrogen (secondary N) is 1. The fourth-order valence-corrected chi connectivity index (χ4v) is 2.25. The largest absolute Gasteiger partial charge is 0.366 e. The Hall–Kier alpha value is -1.66. The zero-order chi connectivity index (χ0) is 14.0. The monoisotopic (exact) mass is 301 g/mol. The fourth-order valence-electron chi connectivity index (χ4n) is 2.25. The minimum Gasteiger partial charge on any atom is -0.366 e. The van der Waals surface area contributed by atoms with E-state index in [-0.39, 0.29) is 23.7 Å². The van der Waals surface area contributed by atoms with E-state index in [0.717, 1.165) is 18.9 Å². The second kappa shape index (κ2) is 6.19. The number of nitrogens with two attached hydrogens (primary N) is 2. The Bertz CT molecular complexity index is 530. The molecule has 2 amide bonds. The van der Waals surface area contributed by atoms with Crippen LogP contribution in [0.25, 0.3) is 0 Å². The van der Waals surface area contributed by atoms with Crippen LogP contribution in [0.15, 0.2) is 18.2 Å². The summed E-state index contributed by atoms with van der Waals surface area (Å²) in [5.41, 5.74) is 10.2. The van der Waals surface area contributed by atoms with Crippen LogP contribution in [0, 0.1) is 5.82 Å². The number of benzene rings is 1. The highest BCUT2D eigenvalue weighted by Gasteiger charge is 2.37. The first-order valence-electron chi connectivity index (χ1n) is 6.12. The van der Waals surface area contributed by atoms with Crippen molar-refractivity contribution < 1.29 is 14.0 Å². The van der Waals surface area contributed by atoms with Gasteiger partial charge in [-0.3, -0.25) is 9.59 Å². The van der Waals surface area contributed by atoms with Gasteiger partial charge in [0.05, 0.1) is 11.2 Å². The van der Waals surface area contributed by atoms with Gasteiger partial charge in [-0.15, -0.1) is 12.4 Å². The molecule has 0 atom stereocenters. The summed E-state index contributed by atoms with van der Waals surface area (Å²) in [6.45, 7) is 0. The third kappa shape index (κ3) is 3.26. The minimum absolute atomic E-state index is 0. The van der Waals surface area contributed by atoms with Crippen molar-refractivity contribution in [3.8, 4) is 0 Å². The fraction of sp³-hybridized carbons (Fsp3) is 0.385. The molecule has 110 valence electrons. The number of hydrogen-bond donors (Lipinski definition) is 3. The van der Waals surface area contributed by atoms with E-state index in [0.29, 0.717) is 12.8 Å². The molecular formula is C13H17ClFN3O2. The van der Waals surface area contributed by atoms with Crippen molar-refractivity contribution in [1.82, 2.24) is 0 Å². The third-order valence-corrected chi connectivity index (χ3v) is 3.45. The quantitative estimate of drug-likeness (QED) is 0.790. The van der Waals surface area contributed by atoms with E-state index in [2.05, 4.69) is 5.32 Å². The highest BCUT2D eigenvalue weighted by atomic mass is 35.5. The standard InChI is InChI=1S/C13H16FN3O2.ClH/c14-9-4-3-8(11(15)18)7-10(9)17-12(19)13(16)5-1-2-6-13;/h3-4,7H,1-2,5-6,16H2,(H2,15,18)(H,17,19);1H. The predicted molar refractivity (Wildman–Crippen MR) is 76.2 cm³/mol. The molecule has 20 heavy (non-hydrogen) atoms. The van der Waals surface area contributed by atoms with E-state index in [9.17, 15) is 14.0 Å². The zero-order valence-electron chi connectivity index (χ0n) is 10.8. The van der Waals surface area contributed by atoms with Gasteiger partial charge in [-0.25, -0.2) is 4.39 Å². The first kappa shape index (κ1) is 16.4. The highest BCUT2D eigenvalue weighted by molar-refractivity contribution is 6.00. The molecule has 1 aromatic rings. The molecule has 5 nitrogen and oxygen atoms in total. The second-order valence-corrected chi connectivity index (χ2v) is 4.88. The lowest BCUT2D eigenvalue weighted by atomic mass is 9.98. The summed E-state index contributed by atoms with van der Waals surface area (Å²) in [4.78, 5) is 23.1. The van der Waals surface area contributed by atoms with Crippen LogP contribution in [0.2, 0.25) is 0 Å². The number of amides is 2. The molecule has 1 aromatic carbocycles.